The Morgan fingerprint density at radius 2 is 1.58 bits per heavy atom. The zero-order chi connectivity index (χ0) is 14.0. The minimum Gasteiger partial charge on any atom is -0.496 e. The van der Waals surface area contributed by atoms with Crippen LogP contribution in [0.2, 0.25) is 0 Å². The second-order valence-electron chi connectivity index (χ2n) is 4.36. The second kappa shape index (κ2) is 5.36. The Bertz CT molecular complexity index is 599. The normalized spacial score (nSPS) is 12.3. The Labute approximate surface area is 110 Å². The third-order valence-corrected chi connectivity index (χ3v) is 3.10. The summed E-state index contributed by atoms with van der Waals surface area (Å²) in [6, 6.07) is 7.87. The maximum absolute atomic E-state index is 13.4. The minimum atomic E-state index is -0.638. The van der Waals surface area contributed by atoms with Crippen LogP contribution >= 0.6 is 0 Å². The standard InChI is InChI=1S/C15H15F2NO/c1-9-3-4-10(16)7-12(9)15(18)13-8-11(17)5-6-14(13)19-2/h3-8,15H,18H2,1-2H3. The predicted octanol–water partition coefficient (Wildman–Crippen LogP) is 3.33. The Morgan fingerprint density at radius 3 is 2.21 bits per heavy atom. The van der Waals surface area contributed by atoms with Crippen molar-refractivity contribution in [3.05, 3.63) is 64.7 Å². The Balaban J connectivity index is 2.51. The van der Waals surface area contributed by atoms with Gasteiger partial charge in [0.15, 0.2) is 0 Å². The molecule has 0 aliphatic carbocycles. The number of aryl methyl sites for hydroxylation is 1. The smallest absolute Gasteiger partial charge is 0.124 e. The molecule has 2 nitrogen and oxygen atoms in total. The van der Waals surface area contributed by atoms with Gasteiger partial charge in [0, 0.05) is 5.56 Å². The summed E-state index contributed by atoms with van der Waals surface area (Å²) < 4.78 is 31.9. The van der Waals surface area contributed by atoms with Gasteiger partial charge in [-0.1, -0.05) is 6.07 Å². The summed E-state index contributed by atoms with van der Waals surface area (Å²) in [4.78, 5) is 0. The molecule has 0 aliphatic heterocycles. The minimum absolute atomic E-state index is 0.369. The Hall–Kier alpha value is -1.94. The first-order valence-electron chi connectivity index (χ1n) is 5.88. The molecule has 2 N–H and O–H groups in total. The number of nitrogens with two attached hydrogens (primary N) is 1. The SMILES string of the molecule is COc1ccc(F)cc1C(N)c1cc(F)ccc1C. The molecule has 0 spiro atoms. The van der Waals surface area contributed by atoms with Gasteiger partial charge >= 0.3 is 0 Å². The van der Waals surface area contributed by atoms with Gasteiger partial charge in [0.25, 0.3) is 0 Å². The van der Waals surface area contributed by atoms with Crippen molar-refractivity contribution in [1.82, 2.24) is 0 Å². The molecular formula is C15H15F2NO. The van der Waals surface area contributed by atoms with Crippen LogP contribution in [0.4, 0.5) is 8.78 Å². The third-order valence-electron chi connectivity index (χ3n) is 3.10. The summed E-state index contributed by atoms with van der Waals surface area (Å²) in [6.07, 6.45) is 0. The molecule has 2 aromatic carbocycles. The fourth-order valence-corrected chi connectivity index (χ4v) is 2.06. The van der Waals surface area contributed by atoms with Gasteiger partial charge in [0.1, 0.15) is 17.4 Å². The van der Waals surface area contributed by atoms with Gasteiger partial charge in [0.2, 0.25) is 0 Å². The number of halogens is 2. The van der Waals surface area contributed by atoms with Crippen LogP contribution in [-0.2, 0) is 0 Å². The average Bonchev–Trinajstić information content (AvgIpc) is 2.40. The average molecular weight is 263 g/mol. The zero-order valence-corrected chi connectivity index (χ0v) is 10.8. The molecule has 0 radical (unpaired) electrons. The third kappa shape index (κ3) is 2.74. The second-order valence-corrected chi connectivity index (χ2v) is 4.36. The summed E-state index contributed by atoms with van der Waals surface area (Å²) in [5.74, 6) is -0.288. The van der Waals surface area contributed by atoms with E-state index in [0.717, 1.165) is 5.56 Å². The molecule has 19 heavy (non-hydrogen) atoms. The van der Waals surface area contributed by atoms with E-state index >= 15 is 0 Å². The van der Waals surface area contributed by atoms with Crippen LogP contribution in [0.1, 0.15) is 22.7 Å². The number of hydrogen-bond acceptors (Lipinski definition) is 2. The molecule has 1 unspecified atom stereocenters. The molecule has 1 atom stereocenters. The molecule has 2 aromatic rings. The highest BCUT2D eigenvalue weighted by Crippen LogP contribution is 2.30. The lowest BCUT2D eigenvalue weighted by molar-refractivity contribution is 0.406. The fraction of sp³-hybridized carbons (Fsp3) is 0.200. The lowest BCUT2D eigenvalue weighted by Gasteiger charge is -2.18. The summed E-state index contributed by atoms with van der Waals surface area (Å²) >= 11 is 0. The van der Waals surface area contributed by atoms with Crippen molar-refractivity contribution in [2.45, 2.75) is 13.0 Å². The van der Waals surface area contributed by atoms with Crippen molar-refractivity contribution >= 4 is 0 Å². The largest absolute Gasteiger partial charge is 0.496 e. The fourth-order valence-electron chi connectivity index (χ4n) is 2.06. The van der Waals surface area contributed by atoms with E-state index in [2.05, 4.69) is 0 Å². The van der Waals surface area contributed by atoms with Crippen molar-refractivity contribution in [1.29, 1.82) is 0 Å². The molecule has 0 bridgehead atoms. The molecule has 0 amide bonds. The zero-order valence-electron chi connectivity index (χ0n) is 10.8. The van der Waals surface area contributed by atoms with Crippen molar-refractivity contribution < 1.29 is 13.5 Å². The molecule has 0 aliphatic rings. The first kappa shape index (κ1) is 13.5. The predicted molar refractivity (Wildman–Crippen MR) is 70.1 cm³/mol. The first-order chi connectivity index (χ1) is 9.02. The van der Waals surface area contributed by atoms with E-state index < -0.39 is 11.9 Å². The number of ether oxygens (including phenoxy) is 1. The van der Waals surface area contributed by atoms with Gasteiger partial charge in [-0.05, 0) is 48.4 Å². The molecular weight excluding hydrogens is 248 g/mol. The van der Waals surface area contributed by atoms with Gasteiger partial charge in [-0.25, -0.2) is 8.78 Å². The van der Waals surface area contributed by atoms with Crippen molar-refractivity contribution in [2.75, 3.05) is 7.11 Å². The van der Waals surface area contributed by atoms with E-state index in [0.29, 0.717) is 16.9 Å². The van der Waals surface area contributed by atoms with Gasteiger partial charge in [0.05, 0.1) is 13.2 Å². The molecule has 0 saturated heterocycles. The summed E-state index contributed by atoms with van der Waals surface area (Å²) in [6.45, 7) is 1.83. The summed E-state index contributed by atoms with van der Waals surface area (Å²) in [5, 5.41) is 0. The van der Waals surface area contributed by atoms with E-state index in [4.69, 9.17) is 10.5 Å². The van der Waals surface area contributed by atoms with Gasteiger partial charge in [-0.15, -0.1) is 0 Å². The van der Waals surface area contributed by atoms with E-state index in [9.17, 15) is 8.78 Å². The monoisotopic (exact) mass is 263 g/mol. The Morgan fingerprint density at radius 1 is 1.00 bits per heavy atom. The van der Waals surface area contributed by atoms with Gasteiger partial charge in [-0.2, -0.15) is 0 Å². The topological polar surface area (TPSA) is 35.2 Å². The number of rotatable bonds is 3. The van der Waals surface area contributed by atoms with Crippen molar-refractivity contribution in [3.63, 3.8) is 0 Å². The molecule has 0 heterocycles. The first-order valence-corrected chi connectivity index (χ1v) is 5.88. The van der Waals surface area contributed by atoms with Crippen molar-refractivity contribution in [3.8, 4) is 5.75 Å². The van der Waals surface area contributed by atoms with Gasteiger partial charge in [-0.3, -0.25) is 0 Å². The molecule has 2 rings (SSSR count). The van der Waals surface area contributed by atoms with Crippen LogP contribution in [0.25, 0.3) is 0 Å². The lowest BCUT2D eigenvalue weighted by Crippen LogP contribution is -2.15. The highest BCUT2D eigenvalue weighted by molar-refractivity contribution is 5.44. The molecule has 4 heteroatoms. The van der Waals surface area contributed by atoms with Crippen LogP contribution in [0.5, 0.6) is 5.75 Å². The maximum Gasteiger partial charge on any atom is 0.124 e. The molecule has 100 valence electrons. The quantitative estimate of drug-likeness (QED) is 0.921. The van der Waals surface area contributed by atoms with E-state index in [1.54, 1.807) is 6.07 Å². The molecule has 0 fully saturated rings. The van der Waals surface area contributed by atoms with E-state index in [-0.39, 0.29) is 5.82 Å². The van der Waals surface area contributed by atoms with Crippen LogP contribution < -0.4 is 10.5 Å². The highest BCUT2D eigenvalue weighted by atomic mass is 19.1. The summed E-state index contributed by atoms with van der Waals surface area (Å²) in [5.41, 5.74) is 8.08. The molecule has 0 saturated carbocycles. The molecule has 0 aromatic heterocycles. The van der Waals surface area contributed by atoms with E-state index in [1.165, 1.54) is 37.4 Å². The van der Waals surface area contributed by atoms with Crippen LogP contribution in [0, 0.1) is 18.6 Å². The van der Waals surface area contributed by atoms with Gasteiger partial charge < -0.3 is 10.5 Å². The van der Waals surface area contributed by atoms with Crippen LogP contribution in [0.15, 0.2) is 36.4 Å². The van der Waals surface area contributed by atoms with Crippen LogP contribution in [0.3, 0.4) is 0 Å². The summed E-state index contributed by atoms with van der Waals surface area (Å²) in [7, 11) is 1.49. The number of benzene rings is 2. The maximum atomic E-state index is 13.4. The lowest BCUT2D eigenvalue weighted by atomic mass is 9.95. The van der Waals surface area contributed by atoms with Crippen LogP contribution in [-0.4, -0.2) is 7.11 Å². The number of hydrogen-bond donors (Lipinski definition) is 1. The Kier molecular flexibility index (Phi) is 3.81. The highest BCUT2D eigenvalue weighted by Gasteiger charge is 2.17. The van der Waals surface area contributed by atoms with Crippen molar-refractivity contribution in [2.24, 2.45) is 5.73 Å². The number of methoxy groups -OCH3 is 1. The van der Waals surface area contributed by atoms with E-state index in [1.807, 2.05) is 6.92 Å².